The van der Waals surface area contributed by atoms with Gasteiger partial charge in [0.2, 0.25) is 0 Å². The number of nitrogens with zero attached hydrogens (tertiary/aromatic N) is 1. The topological polar surface area (TPSA) is 57.6 Å². The minimum absolute atomic E-state index is 0.132. The molecular formula is C27H21NO3S. The molecule has 5 heteroatoms. The Morgan fingerprint density at radius 1 is 0.938 bits per heavy atom. The van der Waals surface area contributed by atoms with Crippen LogP contribution in [0, 0.1) is 6.92 Å². The first kappa shape index (κ1) is 20.2. The number of aliphatic hydroxyl groups is 1. The lowest BCUT2D eigenvalue weighted by Crippen LogP contribution is -2.28. The van der Waals surface area contributed by atoms with Crippen LogP contribution in [0.4, 0.5) is 0 Å². The number of Topliss-reactive ketones (excluding diaryl/α,β-unsaturated/α-hetero) is 1. The minimum Gasteiger partial charge on any atom is -0.507 e. The summed E-state index contributed by atoms with van der Waals surface area (Å²) in [5.74, 6) is -1.39. The van der Waals surface area contributed by atoms with Crippen LogP contribution in [0.5, 0.6) is 0 Å². The summed E-state index contributed by atoms with van der Waals surface area (Å²) in [5, 5.41) is 15.2. The number of thiophene rings is 1. The Labute approximate surface area is 190 Å². The van der Waals surface area contributed by atoms with Crippen molar-refractivity contribution in [3.63, 3.8) is 0 Å². The Hall–Kier alpha value is -3.70. The first-order valence-electron chi connectivity index (χ1n) is 10.4. The van der Waals surface area contributed by atoms with Gasteiger partial charge in [-0.1, -0.05) is 72.3 Å². The number of hydrogen-bond acceptors (Lipinski definition) is 4. The van der Waals surface area contributed by atoms with E-state index in [2.05, 4.69) is 0 Å². The number of ketones is 1. The van der Waals surface area contributed by atoms with Crippen LogP contribution in [-0.2, 0) is 16.1 Å². The van der Waals surface area contributed by atoms with E-state index in [1.165, 1.54) is 11.3 Å². The Morgan fingerprint density at radius 3 is 2.50 bits per heavy atom. The molecule has 1 atom stereocenters. The number of aryl methyl sites for hydroxylation is 1. The number of carbonyl (C=O) groups is 2. The summed E-state index contributed by atoms with van der Waals surface area (Å²) in [6.07, 6.45) is 0. The zero-order valence-corrected chi connectivity index (χ0v) is 18.3. The van der Waals surface area contributed by atoms with E-state index in [1.807, 2.05) is 85.1 Å². The summed E-state index contributed by atoms with van der Waals surface area (Å²) in [5.41, 5.74) is 2.49. The maximum absolute atomic E-state index is 13.2. The van der Waals surface area contributed by atoms with E-state index in [1.54, 1.807) is 11.0 Å². The van der Waals surface area contributed by atoms with Crippen molar-refractivity contribution in [3.8, 4) is 0 Å². The second-order valence-electron chi connectivity index (χ2n) is 7.98. The molecule has 158 valence electrons. The van der Waals surface area contributed by atoms with Crippen LogP contribution in [0.2, 0.25) is 0 Å². The number of aliphatic hydroxyl groups excluding tert-OH is 1. The van der Waals surface area contributed by atoms with Crippen LogP contribution in [0.15, 0.2) is 89.8 Å². The molecule has 2 heterocycles. The van der Waals surface area contributed by atoms with Crippen molar-refractivity contribution in [1.29, 1.82) is 0 Å². The molecule has 4 nitrogen and oxygen atoms in total. The first-order valence-corrected chi connectivity index (χ1v) is 11.3. The van der Waals surface area contributed by atoms with Gasteiger partial charge in [0, 0.05) is 10.4 Å². The lowest BCUT2D eigenvalue weighted by Gasteiger charge is -2.25. The van der Waals surface area contributed by atoms with Crippen molar-refractivity contribution in [3.05, 3.63) is 111 Å². The first-order chi connectivity index (χ1) is 15.5. The number of hydrogen-bond donors (Lipinski definition) is 1. The van der Waals surface area contributed by atoms with E-state index in [-0.39, 0.29) is 11.3 Å². The van der Waals surface area contributed by atoms with Crippen molar-refractivity contribution in [1.82, 2.24) is 4.90 Å². The molecule has 1 fully saturated rings. The SMILES string of the molecule is Cc1cccc(C2/C(=C(/O)c3ccc4ccccc4c3)C(=O)C(=O)N2Cc2cccs2)c1. The van der Waals surface area contributed by atoms with Crippen LogP contribution in [0.3, 0.4) is 0 Å². The van der Waals surface area contributed by atoms with E-state index in [0.717, 1.165) is 26.8 Å². The van der Waals surface area contributed by atoms with E-state index in [0.29, 0.717) is 12.1 Å². The third-order valence-corrected chi connectivity index (χ3v) is 6.69. The summed E-state index contributed by atoms with van der Waals surface area (Å²) in [7, 11) is 0. The molecule has 0 aliphatic carbocycles. The Kier molecular flexibility index (Phi) is 5.11. The van der Waals surface area contributed by atoms with Gasteiger partial charge < -0.3 is 10.0 Å². The molecule has 0 radical (unpaired) electrons. The van der Waals surface area contributed by atoms with Gasteiger partial charge in [0.05, 0.1) is 18.2 Å². The minimum atomic E-state index is -0.654. The lowest BCUT2D eigenvalue weighted by molar-refractivity contribution is -0.140. The average molecular weight is 440 g/mol. The van der Waals surface area contributed by atoms with Gasteiger partial charge in [-0.15, -0.1) is 11.3 Å². The molecule has 1 amide bonds. The van der Waals surface area contributed by atoms with Crippen LogP contribution >= 0.6 is 11.3 Å². The smallest absolute Gasteiger partial charge is 0.295 e. The monoisotopic (exact) mass is 439 g/mol. The molecule has 0 saturated carbocycles. The molecule has 1 aliphatic heterocycles. The zero-order valence-electron chi connectivity index (χ0n) is 17.5. The van der Waals surface area contributed by atoms with Gasteiger partial charge in [-0.3, -0.25) is 9.59 Å². The molecule has 1 saturated heterocycles. The third kappa shape index (κ3) is 3.51. The molecule has 1 aliphatic rings. The van der Waals surface area contributed by atoms with Crippen LogP contribution in [0.25, 0.3) is 16.5 Å². The van der Waals surface area contributed by atoms with Crippen molar-refractivity contribution < 1.29 is 14.7 Å². The van der Waals surface area contributed by atoms with Gasteiger partial charge in [-0.25, -0.2) is 0 Å². The lowest BCUT2D eigenvalue weighted by atomic mass is 9.94. The van der Waals surface area contributed by atoms with Crippen LogP contribution in [0.1, 0.15) is 27.6 Å². The van der Waals surface area contributed by atoms with Gasteiger partial charge in [0.1, 0.15) is 5.76 Å². The van der Waals surface area contributed by atoms with Crippen LogP contribution in [-0.4, -0.2) is 21.7 Å². The maximum atomic E-state index is 13.2. The van der Waals surface area contributed by atoms with Crippen molar-refractivity contribution in [2.24, 2.45) is 0 Å². The Morgan fingerprint density at radius 2 is 1.75 bits per heavy atom. The molecule has 1 N–H and O–H groups in total. The Bertz CT molecular complexity index is 1370. The summed E-state index contributed by atoms with van der Waals surface area (Å²) in [6, 6.07) is 24.3. The summed E-state index contributed by atoms with van der Waals surface area (Å²) in [4.78, 5) is 28.8. The number of fused-ring (bicyclic) bond motifs is 1. The van der Waals surface area contributed by atoms with E-state index in [9.17, 15) is 14.7 Å². The highest BCUT2D eigenvalue weighted by Crippen LogP contribution is 2.41. The summed E-state index contributed by atoms with van der Waals surface area (Å²) in [6.45, 7) is 2.29. The van der Waals surface area contributed by atoms with Gasteiger partial charge in [0.25, 0.3) is 11.7 Å². The number of rotatable bonds is 4. The maximum Gasteiger partial charge on any atom is 0.295 e. The number of likely N-dealkylation sites (tertiary alicyclic amines) is 1. The molecule has 32 heavy (non-hydrogen) atoms. The zero-order chi connectivity index (χ0) is 22.2. The van der Waals surface area contributed by atoms with E-state index in [4.69, 9.17) is 0 Å². The molecule has 3 aromatic carbocycles. The summed E-state index contributed by atoms with van der Waals surface area (Å²) >= 11 is 1.54. The normalized spacial score (nSPS) is 17.9. The number of benzene rings is 3. The van der Waals surface area contributed by atoms with E-state index < -0.39 is 17.7 Å². The standard InChI is InChI=1S/C27H21NO3S/c1-17-6-4-9-20(14-17)24-23(26(30)27(31)28(24)16-22-10-5-13-32-22)25(29)21-12-11-18-7-2-3-8-19(18)15-21/h2-15,24,29H,16H2,1H3/b25-23-. The predicted molar refractivity (Wildman–Crippen MR) is 127 cm³/mol. The highest BCUT2D eigenvalue weighted by molar-refractivity contribution is 7.09. The molecule has 1 aromatic heterocycles. The molecular weight excluding hydrogens is 418 g/mol. The number of amides is 1. The van der Waals surface area contributed by atoms with Crippen molar-refractivity contribution in [2.75, 3.05) is 0 Å². The van der Waals surface area contributed by atoms with Crippen molar-refractivity contribution in [2.45, 2.75) is 19.5 Å². The highest BCUT2D eigenvalue weighted by atomic mass is 32.1. The van der Waals surface area contributed by atoms with Crippen LogP contribution < -0.4 is 0 Å². The van der Waals surface area contributed by atoms with Gasteiger partial charge >= 0.3 is 0 Å². The average Bonchev–Trinajstić information content (AvgIpc) is 3.41. The second-order valence-corrected chi connectivity index (χ2v) is 9.01. The van der Waals surface area contributed by atoms with E-state index >= 15 is 0 Å². The van der Waals surface area contributed by atoms with Gasteiger partial charge in [0.15, 0.2) is 0 Å². The molecule has 5 rings (SSSR count). The quantitative estimate of drug-likeness (QED) is 0.247. The molecule has 4 aromatic rings. The third-order valence-electron chi connectivity index (χ3n) is 5.83. The van der Waals surface area contributed by atoms with Gasteiger partial charge in [-0.05, 0) is 40.8 Å². The fourth-order valence-electron chi connectivity index (χ4n) is 4.29. The highest BCUT2D eigenvalue weighted by Gasteiger charge is 2.46. The predicted octanol–water partition coefficient (Wildman–Crippen LogP) is 5.83. The second kappa shape index (κ2) is 8.09. The van der Waals surface area contributed by atoms with Crippen molar-refractivity contribution >= 4 is 39.6 Å². The Balaban J connectivity index is 1.68. The fourth-order valence-corrected chi connectivity index (χ4v) is 5.00. The number of carbonyl (C=O) groups excluding carboxylic acids is 2. The largest absolute Gasteiger partial charge is 0.507 e. The molecule has 0 spiro atoms. The summed E-state index contributed by atoms with van der Waals surface area (Å²) < 4.78 is 0. The molecule has 0 bridgehead atoms. The fraction of sp³-hybridized carbons (Fsp3) is 0.111. The van der Waals surface area contributed by atoms with Gasteiger partial charge in [-0.2, -0.15) is 0 Å². The molecule has 1 unspecified atom stereocenters.